The van der Waals surface area contributed by atoms with Crippen LogP contribution in [0.1, 0.15) is 19.5 Å². The molecule has 0 saturated heterocycles. The quantitative estimate of drug-likeness (QED) is 0.598. The molecule has 3 rings (SSSR count). The van der Waals surface area contributed by atoms with Gasteiger partial charge in [0.15, 0.2) is 0 Å². The normalized spacial score (nSPS) is 11.4. The van der Waals surface area contributed by atoms with Crippen molar-refractivity contribution < 1.29 is 17.8 Å². The number of hydrogen-bond donors (Lipinski definition) is 1. The van der Waals surface area contributed by atoms with E-state index in [0.29, 0.717) is 18.8 Å². The molecule has 0 aliphatic heterocycles. The molecule has 0 unspecified atom stereocenters. The van der Waals surface area contributed by atoms with Crippen molar-refractivity contribution in [1.29, 1.82) is 0 Å². The van der Waals surface area contributed by atoms with Crippen LogP contribution in [0.3, 0.4) is 0 Å². The van der Waals surface area contributed by atoms with E-state index in [0.717, 1.165) is 15.1 Å². The number of amides is 1. The minimum Gasteiger partial charge on any atom is -0.343 e. The van der Waals surface area contributed by atoms with Crippen LogP contribution in [-0.4, -0.2) is 41.9 Å². The fraction of sp³-hybridized carbons (Fsp3) is 0.238. The zero-order chi connectivity index (χ0) is 21.0. The summed E-state index contributed by atoms with van der Waals surface area (Å²) in [6.07, 6.45) is 0.0482. The third kappa shape index (κ3) is 4.72. The standard InChI is InChI=1S/C21H23N3O4S/c1-3-23(4-2)21(25)15-18-10-7-11-20(22-18)24(29(26,27)28)19-13-12-16-8-5-6-9-17(16)14-19/h5-14H,3-4,15H2,1-2H3,(H,26,27,28). The summed E-state index contributed by atoms with van der Waals surface area (Å²) in [5.74, 6) is -0.0728. The fourth-order valence-corrected chi connectivity index (χ4v) is 3.93. The molecule has 1 amide bonds. The first-order chi connectivity index (χ1) is 13.8. The lowest BCUT2D eigenvalue weighted by Crippen LogP contribution is -2.32. The number of aromatic nitrogens is 1. The number of carbonyl (C=O) groups excluding carboxylic acids is 1. The highest BCUT2D eigenvalue weighted by Crippen LogP contribution is 2.30. The fourth-order valence-electron chi connectivity index (χ4n) is 3.21. The van der Waals surface area contributed by atoms with Crippen molar-refractivity contribution in [3.8, 4) is 0 Å². The Labute approximate surface area is 170 Å². The molecule has 1 N–H and O–H groups in total. The summed E-state index contributed by atoms with van der Waals surface area (Å²) >= 11 is 0. The van der Waals surface area contributed by atoms with Gasteiger partial charge >= 0.3 is 10.3 Å². The van der Waals surface area contributed by atoms with Crippen molar-refractivity contribution >= 4 is 38.5 Å². The number of rotatable bonds is 7. The highest BCUT2D eigenvalue weighted by Gasteiger charge is 2.24. The van der Waals surface area contributed by atoms with Gasteiger partial charge in [-0.15, -0.1) is 0 Å². The maximum atomic E-state index is 12.4. The third-order valence-corrected chi connectivity index (χ3v) is 5.51. The molecule has 7 nitrogen and oxygen atoms in total. The summed E-state index contributed by atoms with van der Waals surface area (Å²) < 4.78 is 35.0. The number of fused-ring (bicyclic) bond motifs is 1. The number of carbonyl (C=O) groups is 1. The first-order valence-electron chi connectivity index (χ1n) is 9.33. The second kappa shape index (κ2) is 8.59. The Kier molecular flexibility index (Phi) is 6.14. The van der Waals surface area contributed by atoms with E-state index in [4.69, 9.17) is 0 Å². The third-order valence-electron chi connectivity index (χ3n) is 4.65. The number of nitrogens with zero attached hydrogens (tertiary/aromatic N) is 3. The van der Waals surface area contributed by atoms with Gasteiger partial charge in [-0.05, 0) is 48.9 Å². The summed E-state index contributed by atoms with van der Waals surface area (Å²) in [6.45, 7) is 4.96. The van der Waals surface area contributed by atoms with Gasteiger partial charge in [0.2, 0.25) is 5.91 Å². The Morgan fingerprint density at radius 2 is 1.66 bits per heavy atom. The van der Waals surface area contributed by atoms with Crippen molar-refractivity contribution in [2.24, 2.45) is 0 Å². The van der Waals surface area contributed by atoms with E-state index in [9.17, 15) is 17.8 Å². The number of benzene rings is 2. The maximum Gasteiger partial charge on any atom is 0.365 e. The largest absolute Gasteiger partial charge is 0.365 e. The number of pyridine rings is 1. The molecule has 1 heterocycles. The van der Waals surface area contributed by atoms with Crippen LogP contribution in [0.2, 0.25) is 0 Å². The molecule has 29 heavy (non-hydrogen) atoms. The second-order valence-electron chi connectivity index (χ2n) is 6.50. The molecule has 3 aromatic rings. The number of hydrogen-bond acceptors (Lipinski definition) is 4. The van der Waals surface area contributed by atoms with Gasteiger partial charge in [0.1, 0.15) is 5.82 Å². The minimum absolute atomic E-state index is 0.0210. The number of anilines is 2. The van der Waals surface area contributed by atoms with Gasteiger partial charge in [-0.2, -0.15) is 12.7 Å². The molecule has 1 aromatic heterocycles. The molecule has 0 radical (unpaired) electrons. The van der Waals surface area contributed by atoms with E-state index < -0.39 is 10.3 Å². The van der Waals surface area contributed by atoms with E-state index in [1.807, 2.05) is 38.1 Å². The van der Waals surface area contributed by atoms with Crippen LogP contribution in [0.15, 0.2) is 60.7 Å². The second-order valence-corrected chi connectivity index (χ2v) is 7.76. The Hall–Kier alpha value is -2.97. The summed E-state index contributed by atoms with van der Waals surface area (Å²) in [4.78, 5) is 18.4. The van der Waals surface area contributed by atoms with Crippen LogP contribution in [-0.2, 0) is 21.5 Å². The van der Waals surface area contributed by atoms with E-state index in [2.05, 4.69) is 4.98 Å². The summed E-state index contributed by atoms with van der Waals surface area (Å²) in [7, 11) is -4.64. The van der Waals surface area contributed by atoms with Crippen LogP contribution in [0.25, 0.3) is 10.8 Å². The van der Waals surface area contributed by atoms with Crippen molar-refractivity contribution in [3.05, 3.63) is 66.4 Å². The molecule has 2 aromatic carbocycles. The van der Waals surface area contributed by atoms with Crippen LogP contribution in [0.4, 0.5) is 11.5 Å². The molecule has 0 atom stereocenters. The van der Waals surface area contributed by atoms with Gasteiger partial charge in [-0.3, -0.25) is 9.35 Å². The number of likely N-dealkylation sites (N-methyl/N-ethyl adjacent to an activating group) is 1. The average molecular weight is 413 g/mol. The van der Waals surface area contributed by atoms with E-state index in [-0.39, 0.29) is 23.8 Å². The Balaban J connectivity index is 2.00. The van der Waals surface area contributed by atoms with Crippen molar-refractivity contribution in [1.82, 2.24) is 9.88 Å². The van der Waals surface area contributed by atoms with Gasteiger partial charge < -0.3 is 4.90 Å². The average Bonchev–Trinajstić information content (AvgIpc) is 2.68. The van der Waals surface area contributed by atoms with Crippen molar-refractivity contribution in [2.75, 3.05) is 17.4 Å². The molecule has 152 valence electrons. The molecule has 0 saturated carbocycles. The summed E-state index contributed by atoms with van der Waals surface area (Å²) in [5.41, 5.74) is 0.680. The minimum atomic E-state index is -4.64. The van der Waals surface area contributed by atoms with Gasteiger partial charge in [0.05, 0.1) is 17.8 Å². The van der Waals surface area contributed by atoms with Gasteiger partial charge in [0.25, 0.3) is 0 Å². The van der Waals surface area contributed by atoms with E-state index >= 15 is 0 Å². The molecular formula is C21H23N3O4S. The lowest BCUT2D eigenvalue weighted by Gasteiger charge is -2.21. The molecule has 0 spiro atoms. The monoisotopic (exact) mass is 413 g/mol. The smallest absolute Gasteiger partial charge is 0.343 e. The highest BCUT2D eigenvalue weighted by molar-refractivity contribution is 7.87. The molecule has 0 aliphatic carbocycles. The van der Waals surface area contributed by atoms with Crippen LogP contribution >= 0.6 is 0 Å². The van der Waals surface area contributed by atoms with E-state index in [1.54, 1.807) is 35.2 Å². The van der Waals surface area contributed by atoms with Gasteiger partial charge in [-0.1, -0.05) is 36.4 Å². The lowest BCUT2D eigenvalue weighted by molar-refractivity contribution is -0.130. The predicted molar refractivity (Wildman–Crippen MR) is 114 cm³/mol. The van der Waals surface area contributed by atoms with Crippen LogP contribution < -0.4 is 4.31 Å². The molecular weight excluding hydrogens is 390 g/mol. The highest BCUT2D eigenvalue weighted by atomic mass is 32.2. The molecule has 8 heteroatoms. The molecule has 0 aliphatic rings. The maximum absolute atomic E-state index is 12.4. The predicted octanol–water partition coefficient (Wildman–Crippen LogP) is 3.59. The van der Waals surface area contributed by atoms with Gasteiger partial charge in [-0.25, -0.2) is 4.98 Å². The Morgan fingerprint density at radius 3 is 2.31 bits per heavy atom. The molecule has 0 fully saturated rings. The van der Waals surface area contributed by atoms with Crippen molar-refractivity contribution in [2.45, 2.75) is 20.3 Å². The first-order valence-corrected chi connectivity index (χ1v) is 10.7. The lowest BCUT2D eigenvalue weighted by atomic mass is 10.1. The summed E-state index contributed by atoms with van der Waals surface area (Å²) in [5, 5.41) is 1.77. The first kappa shape index (κ1) is 20.8. The Morgan fingerprint density at radius 1 is 0.966 bits per heavy atom. The summed E-state index contributed by atoms with van der Waals surface area (Å²) in [6, 6.07) is 17.3. The Bertz CT molecular complexity index is 1130. The van der Waals surface area contributed by atoms with Crippen LogP contribution in [0, 0.1) is 0 Å². The van der Waals surface area contributed by atoms with Crippen molar-refractivity contribution in [3.63, 3.8) is 0 Å². The van der Waals surface area contributed by atoms with Gasteiger partial charge in [0, 0.05) is 13.1 Å². The topological polar surface area (TPSA) is 90.8 Å². The zero-order valence-electron chi connectivity index (χ0n) is 16.3. The van der Waals surface area contributed by atoms with E-state index in [1.165, 1.54) is 6.07 Å². The SMILES string of the molecule is CCN(CC)C(=O)Cc1cccc(N(c2ccc3ccccc3c2)S(=O)(=O)O)n1. The molecule has 0 bridgehead atoms. The zero-order valence-corrected chi connectivity index (χ0v) is 17.1. The van der Waals surface area contributed by atoms with Crippen LogP contribution in [0.5, 0.6) is 0 Å².